The monoisotopic (exact) mass is 346 g/mol. The average molecular weight is 346 g/mol. The zero-order valence-corrected chi connectivity index (χ0v) is 15.4. The third kappa shape index (κ3) is 5.99. The quantitative estimate of drug-likeness (QED) is 0.271. The van der Waals surface area contributed by atoms with E-state index in [0.29, 0.717) is 0 Å². The number of amidine groups is 1. The Kier molecular flexibility index (Phi) is 6.79. The highest BCUT2D eigenvalue weighted by Crippen LogP contribution is 2.23. The standard InChI is InChI=1S/C19H26N2O4/c1-12(16(17(22)23)21-18(20)24-6)13(2)25-11-14-7-9-15(10-8-14)19(3,4)5/h7-10H,2,11H2,1,3-6H3,(H2,20,21)(H,22,23)/b16-12-. The molecule has 25 heavy (non-hydrogen) atoms. The Balaban J connectivity index is 2.87. The third-order valence-corrected chi connectivity index (χ3v) is 3.64. The van der Waals surface area contributed by atoms with Crippen molar-refractivity contribution in [1.29, 1.82) is 0 Å². The lowest BCUT2D eigenvalue weighted by Gasteiger charge is -2.19. The van der Waals surface area contributed by atoms with Crippen LogP contribution in [0, 0.1) is 0 Å². The van der Waals surface area contributed by atoms with E-state index in [2.05, 4.69) is 49.2 Å². The van der Waals surface area contributed by atoms with Crippen LogP contribution in [0.5, 0.6) is 0 Å². The van der Waals surface area contributed by atoms with Crippen molar-refractivity contribution in [2.45, 2.75) is 39.7 Å². The first-order valence-corrected chi connectivity index (χ1v) is 7.80. The molecule has 0 fully saturated rings. The van der Waals surface area contributed by atoms with Crippen LogP contribution in [0.3, 0.4) is 0 Å². The Morgan fingerprint density at radius 3 is 2.28 bits per heavy atom. The van der Waals surface area contributed by atoms with E-state index in [1.54, 1.807) is 6.92 Å². The minimum atomic E-state index is -1.24. The van der Waals surface area contributed by atoms with Crippen molar-refractivity contribution in [2.24, 2.45) is 10.7 Å². The number of rotatable bonds is 6. The summed E-state index contributed by atoms with van der Waals surface area (Å²) in [6.07, 6.45) is 0. The molecule has 6 heteroatoms. The number of nitrogens with zero attached hydrogens (tertiary/aromatic N) is 1. The van der Waals surface area contributed by atoms with Gasteiger partial charge in [-0.05, 0) is 23.5 Å². The van der Waals surface area contributed by atoms with Gasteiger partial charge in [0, 0.05) is 5.57 Å². The number of benzene rings is 1. The van der Waals surface area contributed by atoms with Gasteiger partial charge in [0.05, 0.1) is 7.11 Å². The van der Waals surface area contributed by atoms with Crippen LogP contribution in [0.4, 0.5) is 0 Å². The van der Waals surface area contributed by atoms with Crippen molar-refractivity contribution in [2.75, 3.05) is 7.11 Å². The van der Waals surface area contributed by atoms with Crippen LogP contribution in [0.15, 0.2) is 52.9 Å². The number of hydrogen-bond donors (Lipinski definition) is 2. The van der Waals surface area contributed by atoms with Crippen LogP contribution in [0.25, 0.3) is 0 Å². The molecule has 6 nitrogen and oxygen atoms in total. The first kappa shape index (κ1) is 20.3. The molecule has 1 rings (SSSR count). The van der Waals surface area contributed by atoms with Gasteiger partial charge >= 0.3 is 5.97 Å². The van der Waals surface area contributed by atoms with Gasteiger partial charge in [-0.2, -0.15) is 4.99 Å². The lowest BCUT2D eigenvalue weighted by molar-refractivity contribution is -0.132. The van der Waals surface area contributed by atoms with Crippen LogP contribution in [0.1, 0.15) is 38.8 Å². The van der Waals surface area contributed by atoms with Crippen molar-refractivity contribution >= 4 is 12.0 Å². The molecule has 0 radical (unpaired) electrons. The number of aliphatic carboxylic acids is 1. The molecule has 0 bridgehead atoms. The predicted octanol–water partition coefficient (Wildman–Crippen LogP) is 3.33. The number of methoxy groups -OCH3 is 1. The molecule has 1 aromatic rings. The van der Waals surface area contributed by atoms with Gasteiger partial charge in [-0.3, -0.25) is 0 Å². The van der Waals surface area contributed by atoms with Crippen LogP contribution in [-0.4, -0.2) is 24.2 Å². The van der Waals surface area contributed by atoms with Gasteiger partial charge in [0.15, 0.2) is 5.70 Å². The summed E-state index contributed by atoms with van der Waals surface area (Å²) in [5.41, 5.74) is 7.69. The molecule has 0 aliphatic carbocycles. The summed E-state index contributed by atoms with van der Waals surface area (Å²) >= 11 is 0. The van der Waals surface area contributed by atoms with Gasteiger partial charge in [-0.25, -0.2) is 4.79 Å². The van der Waals surface area contributed by atoms with Crippen LogP contribution >= 0.6 is 0 Å². The fourth-order valence-corrected chi connectivity index (χ4v) is 1.96. The van der Waals surface area contributed by atoms with Crippen molar-refractivity contribution in [1.82, 2.24) is 0 Å². The van der Waals surface area contributed by atoms with Gasteiger partial charge in [0.1, 0.15) is 12.4 Å². The number of aliphatic imine (C=N–C) groups is 1. The molecule has 1 aromatic carbocycles. The van der Waals surface area contributed by atoms with Crippen molar-refractivity contribution < 1.29 is 19.4 Å². The molecule has 0 saturated carbocycles. The van der Waals surface area contributed by atoms with E-state index in [1.807, 2.05) is 12.1 Å². The van der Waals surface area contributed by atoms with Crippen molar-refractivity contribution in [3.63, 3.8) is 0 Å². The SMILES string of the molecule is C=C(OCc1ccc(C(C)(C)C)cc1)/C(C)=C(\N=C(/N)OC)C(=O)O. The molecule has 0 aromatic heterocycles. The normalized spacial score (nSPS) is 13.1. The lowest BCUT2D eigenvalue weighted by Crippen LogP contribution is -2.16. The minimum Gasteiger partial charge on any atom is -0.489 e. The molecule has 3 N–H and O–H groups in total. The fourth-order valence-electron chi connectivity index (χ4n) is 1.96. The molecule has 0 saturated heterocycles. The first-order valence-electron chi connectivity index (χ1n) is 7.80. The van der Waals surface area contributed by atoms with E-state index >= 15 is 0 Å². The third-order valence-electron chi connectivity index (χ3n) is 3.64. The average Bonchev–Trinajstić information content (AvgIpc) is 2.55. The molecule has 136 valence electrons. The Hall–Kier alpha value is -2.76. The van der Waals surface area contributed by atoms with Gasteiger partial charge in [0.25, 0.3) is 6.02 Å². The molecule has 0 unspecified atom stereocenters. The van der Waals surface area contributed by atoms with Crippen molar-refractivity contribution in [3.8, 4) is 0 Å². The summed E-state index contributed by atoms with van der Waals surface area (Å²) in [4.78, 5) is 15.1. The first-order chi connectivity index (χ1) is 11.6. The van der Waals surface area contributed by atoms with E-state index in [-0.39, 0.29) is 35.1 Å². The maximum Gasteiger partial charge on any atom is 0.355 e. The summed E-state index contributed by atoms with van der Waals surface area (Å²) in [6.45, 7) is 12.0. The Morgan fingerprint density at radius 1 is 1.28 bits per heavy atom. The van der Waals surface area contributed by atoms with Gasteiger partial charge < -0.3 is 20.3 Å². The smallest absolute Gasteiger partial charge is 0.355 e. The summed E-state index contributed by atoms with van der Waals surface area (Å²) < 4.78 is 10.3. The zero-order valence-electron chi connectivity index (χ0n) is 15.4. The summed E-state index contributed by atoms with van der Waals surface area (Å²) in [5.74, 6) is -1.03. The van der Waals surface area contributed by atoms with Gasteiger partial charge in [0.2, 0.25) is 0 Å². The van der Waals surface area contributed by atoms with Crippen molar-refractivity contribution in [3.05, 3.63) is 59.0 Å². The van der Waals surface area contributed by atoms with Gasteiger partial charge in [-0.1, -0.05) is 51.6 Å². The molecular weight excluding hydrogens is 320 g/mol. The summed E-state index contributed by atoms with van der Waals surface area (Å²) in [5, 5.41) is 9.26. The number of carboxylic acid groups (broad SMARTS) is 1. The minimum absolute atomic E-state index is 0.0813. The second-order valence-electron chi connectivity index (χ2n) is 6.59. The number of nitrogens with two attached hydrogens (primary N) is 1. The van der Waals surface area contributed by atoms with E-state index in [0.717, 1.165) is 5.56 Å². The van der Waals surface area contributed by atoms with E-state index < -0.39 is 5.97 Å². The molecule has 0 atom stereocenters. The zero-order chi connectivity index (χ0) is 19.2. The number of carbonyl (C=O) groups is 1. The van der Waals surface area contributed by atoms with Crippen LogP contribution in [0.2, 0.25) is 0 Å². The summed E-state index contributed by atoms with van der Waals surface area (Å²) in [6, 6.07) is 7.81. The Labute approximate surface area is 148 Å². The summed E-state index contributed by atoms with van der Waals surface area (Å²) in [7, 11) is 1.31. The maximum absolute atomic E-state index is 11.3. The lowest BCUT2D eigenvalue weighted by atomic mass is 9.87. The molecule has 0 spiro atoms. The van der Waals surface area contributed by atoms with Crippen LogP contribution < -0.4 is 5.73 Å². The molecule has 0 aliphatic heterocycles. The topological polar surface area (TPSA) is 94.1 Å². The Morgan fingerprint density at radius 2 is 1.84 bits per heavy atom. The highest BCUT2D eigenvalue weighted by Gasteiger charge is 2.16. The number of carboxylic acids is 1. The Bertz CT molecular complexity index is 695. The second-order valence-corrected chi connectivity index (χ2v) is 6.59. The highest BCUT2D eigenvalue weighted by atomic mass is 16.5. The molecule has 0 amide bonds. The molecule has 0 aliphatic rings. The predicted molar refractivity (Wildman–Crippen MR) is 98.0 cm³/mol. The number of hydrogen-bond acceptors (Lipinski definition) is 4. The number of ether oxygens (including phenoxy) is 2. The largest absolute Gasteiger partial charge is 0.489 e. The molecule has 0 heterocycles. The molecular formula is C19H26N2O4. The van der Waals surface area contributed by atoms with E-state index in [9.17, 15) is 9.90 Å². The maximum atomic E-state index is 11.3. The number of allylic oxidation sites excluding steroid dienone is 1. The van der Waals surface area contributed by atoms with E-state index in [1.165, 1.54) is 12.7 Å². The van der Waals surface area contributed by atoms with E-state index in [4.69, 9.17) is 10.5 Å². The van der Waals surface area contributed by atoms with Crippen LogP contribution in [-0.2, 0) is 26.3 Å². The fraction of sp³-hybridized carbons (Fsp3) is 0.368. The van der Waals surface area contributed by atoms with Gasteiger partial charge in [-0.15, -0.1) is 0 Å². The second kappa shape index (κ2) is 8.37. The highest BCUT2D eigenvalue weighted by molar-refractivity contribution is 5.91.